The molecule has 0 fully saturated rings. The highest BCUT2D eigenvalue weighted by Crippen LogP contribution is 2.36. The summed E-state index contributed by atoms with van der Waals surface area (Å²) in [5.74, 6) is -4.91. The number of allylic oxidation sites excluding steroid dienone is 6. The molecule has 9 heteroatoms. The van der Waals surface area contributed by atoms with Gasteiger partial charge in [0.2, 0.25) is 0 Å². The average molecular weight is 1000 g/mol. The van der Waals surface area contributed by atoms with E-state index in [4.69, 9.17) is 10.2 Å². The zero-order valence-corrected chi connectivity index (χ0v) is 46.3. The Hall–Kier alpha value is -3.20. The van der Waals surface area contributed by atoms with Gasteiger partial charge in [-0.1, -0.05) is 243 Å². The van der Waals surface area contributed by atoms with Crippen LogP contribution >= 0.6 is 0 Å². The Bertz CT molecular complexity index is 1310. The van der Waals surface area contributed by atoms with Crippen LogP contribution in [0.15, 0.2) is 48.1 Å². The highest BCUT2D eigenvalue weighted by Gasteiger charge is 2.48. The lowest BCUT2D eigenvalue weighted by Gasteiger charge is -2.32. The first-order valence-corrected chi connectivity index (χ1v) is 29.8. The third-order valence-electron chi connectivity index (χ3n) is 14.0. The van der Waals surface area contributed by atoms with Crippen molar-refractivity contribution in [1.82, 2.24) is 0 Å². The molecular formula is C62H112O9. The molecule has 0 amide bonds. The molecule has 0 saturated heterocycles. The van der Waals surface area contributed by atoms with Crippen molar-refractivity contribution >= 4 is 23.9 Å². The molecule has 414 valence electrons. The van der Waals surface area contributed by atoms with Gasteiger partial charge in [0.15, 0.2) is 6.10 Å². The Kier molecular flexibility index (Phi) is 53.7. The van der Waals surface area contributed by atoms with Crippen molar-refractivity contribution in [2.24, 2.45) is 5.41 Å². The fourth-order valence-electron chi connectivity index (χ4n) is 9.29. The minimum absolute atomic E-state index is 0.00648. The zero-order valence-electron chi connectivity index (χ0n) is 46.3. The Morgan fingerprint density at radius 1 is 0.366 bits per heavy atom. The molecule has 0 heterocycles. The predicted octanol–water partition coefficient (Wildman–Crippen LogP) is 18.9. The average Bonchev–Trinajstić information content (AvgIpc) is 3.34. The minimum Gasteiger partial charge on any atom is -0.481 e. The van der Waals surface area contributed by atoms with E-state index >= 15 is 0 Å². The van der Waals surface area contributed by atoms with E-state index in [1.807, 2.05) is 0 Å². The summed E-state index contributed by atoms with van der Waals surface area (Å²) in [5.41, 5.74) is -1.60. The number of hydrogen-bond donors (Lipinski definition) is 5. The second-order valence-corrected chi connectivity index (χ2v) is 20.6. The molecule has 0 bridgehead atoms. The molecule has 0 aromatic rings. The topological polar surface area (TPSA) is 169 Å². The number of carboxylic acids is 4. The maximum atomic E-state index is 12.3. The van der Waals surface area contributed by atoms with Crippen molar-refractivity contribution in [3.63, 3.8) is 0 Å². The summed E-state index contributed by atoms with van der Waals surface area (Å²) in [6.45, 7) is 6.75. The molecule has 0 spiro atoms. The minimum atomic E-state index is -1.86. The van der Waals surface area contributed by atoms with Gasteiger partial charge in [-0.15, -0.1) is 0 Å². The number of aliphatic hydroxyl groups is 1. The van der Waals surface area contributed by atoms with Crippen LogP contribution in [0.3, 0.4) is 0 Å². The molecule has 0 radical (unpaired) electrons. The fraction of sp³-hybridized carbons (Fsp3) is 0.806. The largest absolute Gasteiger partial charge is 0.481 e. The van der Waals surface area contributed by atoms with E-state index in [0.29, 0.717) is 19.3 Å². The molecule has 0 aromatic carbocycles. The van der Waals surface area contributed by atoms with Gasteiger partial charge in [-0.25, -0.2) is 14.4 Å². The summed E-state index contributed by atoms with van der Waals surface area (Å²) in [6.07, 6.45) is 63.2. The van der Waals surface area contributed by atoms with Crippen LogP contribution in [0.25, 0.3) is 0 Å². The van der Waals surface area contributed by atoms with Crippen LogP contribution in [0, 0.1) is 5.41 Å². The first-order valence-electron chi connectivity index (χ1n) is 29.8. The van der Waals surface area contributed by atoms with Crippen LogP contribution in [0.2, 0.25) is 0 Å². The van der Waals surface area contributed by atoms with Gasteiger partial charge in [0, 0.05) is 11.6 Å². The molecule has 9 nitrogen and oxygen atoms in total. The first-order chi connectivity index (χ1) is 34.5. The van der Waals surface area contributed by atoms with E-state index in [0.717, 1.165) is 89.5 Å². The van der Waals surface area contributed by atoms with Crippen molar-refractivity contribution in [1.29, 1.82) is 0 Å². The normalized spacial score (nSPS) is 12.5. The molecule has 71 heavy (non-hydrogen) atoms. The van der Waals surface area contributed by atoms with Crippen LogP contribution in [0.4, 0.5) is 0 Å². The highest BCUT2D eigenvalue weighted by atomic mass is 16.4. The number of hydrogen-bond acceptors (Lipinski definition) is 5. The molecule has 0 aliphatic heterocycles. The van der Waals surface area contributed by atoms with Crippen molar-refractivity contribution < 1.29 is 44.7 Å². The number of aliphatic carboxylic acids is 4. The number of carboxylic acid groups (broad SMARTS) is 4. The molecule has 1 atom stereocenters. The zero-order chi connectivity index (χ0) is 52.7. The summed E-state index contributed by atoms with van der Waals surface area (Å²) < 4.78 is 0. The monoisotopic (exact) mass is 1000 g/mol. The molecular weight excluding hydrogens is 889 g/mol. The highest BCUT2D eigenvalue weighted by molar-refractivity contribution is 5.94. The van der Waals surface area contributed by atoms with Crippen molar-refractivity contribution in [3.8, 4) is 0 Å². The molecule has 1 unspecified atom stereocenters. The van der Waals surface area contributed by atoms with Crippen LogP contribution in [0.5, 0.6) is 0 Å². The molecule has 5 N–H and O–H groups in total. The lowest BCUT2D eigenvalue weighted by Crippen LogP contribution is -2.47. The molecule has 0 aliphatic carbocycles. The maximum absolute atomic E-state index is 12.3. The Morgan fingerprint density at radius 2 is 0.620 bits per heavy atom. The Labute approximate surface area is 436 Å². The van der Waals surface area contributed by atoms with Crippen LogP contribution in [-0.2, 0) is 19.2 Å². The quantitative estimate of drug-likeness (QED) is 0.0226. The van der Waals surface area contributed by atoms with Gasteiger partial charge in [-0.2, -0.15) is 0 Å². The van der Waals surface area contributed by atoms with Crippen molar-refractivity contribution in [2.75, 3.05) is 0 Å². The van der Waals surface area contributed by atoms with Gasteiger partial charge in [0.05, 0.1) is 0 Å². The van der Waals surface area contributed by atoms with E-state index < -0.39 is 35.4 Å². The summed E-state index contributed by atoms with van der Waals surface area (Å²) in [5, 5.41) is 47.6. The number of aliphatic hydroxyl groups excluding tert-OH is 1. The van der Waals surface area contributed by atoms with Crippen molar-refractivity contribution in [3.05, 3.63) is 48.1 Å². The van der Waals surface area contributed by atoms with Gasteiger partial charge < -0.3 is 25.5 Å². The van der Waals surface area contributed by atoms with Gasteiger partial charge in [0.1, 0.15) is 5.41 Å². The Balaban J connectivity index is 0. The first kappa shape index (κ1) is 69.9. The lowest BCUT2D eigenvalue weighted by molar-refractivity contribution is -0.171. The third kappa shape index (κ3) is 47.6. The molecule has 0 aliphatic rings. The van der Waals surface area contributed by atoms with Crippen LogP contribution in [0.1, 0.15) is 310 Å². The van der Waals surface area contributed by atoms with E-state index in [1.54, 1.807) is 0 Å². The summed E-state index contributed by atoms with van der Waals surface area (Å²) in [6, 6.07) is 0. The standard InChI is InChI=1S/C40H74O5.C22H38O4/c1-3-5-7-9-11-13-15-17-19-21-23-25-27-29-31-33-35-40(39(44)45,37(41)38(42)43)36-34-32-30-28-26-24-22-20-18-16-14-12-10-8-6-4-2;1-2-3-4-5-6-7-8-9-10-11-12-13-14-15-16-17-18-20(22(25)26)19-21(23)24/h17-20,37,41H,3-16,21-36H2,1-2H3,(H,42,43)(H,44,45);9-10,19H,2-8,11-18H2,1H3,(H,23,24)(H,25,26)/b19-17-,20-18-;10-9-,20-19-. The Morgan fingerprint density at radius 3 is 0.859 bits per heavy atom. The molecule has 0 aromatic heterocycles. The van der Waals surface area contributed by atoms with Gasteiger partial charge in [-0.05, 0) is 103 Å². The summed E-state index contributed by atoms with van der Waals surface area (Å²) >= 11 is 0. The maximum Gasteiger partial charge on any atom is 0.333 e. The van der Waals surface area contributed by atoms with E-state index in [2.05, 4.69) is 57.2 Å². The van der Waals surface area contributed by atoms with E-state index in [-0.39, 0.29) is 18.4 Å². The van der Waals surface area contributed by atoms with Crippen LogP contribution in [-0.4, -0.2) is 55.5 Å². The van der Waals surface area contributed by atoms with Gasteiger partial charge in [-0.3, -0.25) is 4.79 Å². The number of unbranched alkanes of at least 4 members (excludes halogenated alkanes) is 36. The molecule has 0 saturated carbocycles. The second-order valence-electron chi connectivity index (χ2n) is 20.6. The number of rotatable bonds is 53. The summed E-state index contributed by atoms with van der Waals surface area (Å²) in [4.78, 5) is 45.4. The predicted molar refractivity (Wildman–Crippen MR) is 299 cm³/mol. The van der Waals surface area contributed by atoms with Crippen molar-refractivity contribution in [2.45, 2.75) is 316 Å². The number of carbonyl (C=O) groups is 4. The van der Waals surface area contributed by atoms with Crippen LogP contribution < -0.4 is 0 Å². The van der Waals surface area contributed by atoms with E-state index in [1.165, 1.54) is 173 Å². The molecule has 0 rings (SSSR count). The van der Waals surface area contributed by atoms with Gasteiger partial charge >= 0.3 is 23.9 Å². The SMILES string of the molecule is CCCCCCCC/C=C\CCCCCCCC/C(=C/C(=O)O)C(=O)O.CCCCCCCC/C=C\CCCCCCCCC(CCCCCCCC/C=C\CCCCCCCC)(C(=O)O)C(O)C(=O)O. The lowest BCUT2D eigenvalue weighted by atomic mass is 9.73. The second kappa shape index (κ2) is 54.6. The fourth-order valence-corrected chi connectivity index (χ4v) is 9.29. The third-order valence-corrected chi connectivity index (χ3v) is 14.0. The van der Waals surface area contributed by atoms with E-state index in [9.17, 15) is 34.5 Å². The smallest absolute Gasteiger partial charge is 0.333 e. The summed E-state index contributed by atoms with van der Waals surface area (Å²) in [7, 11) is 0. The van der Waals surface area contributed by atoms with Gasteiger partial charge in [0.25, 0.3) is 0 Å².